The number of fused-ring (bicyclic) bond motifs is 1. The van der Waals surface area contributed by atoms with Crippen LogP contribution in [0.2, 0.25) is 0 Å². The largest absolute Gasteiger partial charge is 0.326 e. The third kappa shape index (κ3) is 3.87. The molecule has 2 aromatic carbocycles. The minimum Gasteiger partial charge on any atom is -0.326 e. The molecule has 0 aliphatic heterocycles. The molecule has 1 atom stereocenters. The van der Waals surface area contributed by atoms with E-state index in [2.05, 4.69) is 41.5 Å². The molecule has 0 spiro atoms. The Balaban J connectivity index is 1.40. The van der Waals surface area contributed by atoms with Gasteiger partial charge in [-0.2, -0.15) is 0 Å². The summed E-state index contributed by atoms with van der Waals surface area (Å²) in [7, 11) is 0. The maximum absolute atomic E-state index is 12.6. The molecule has 138 valence electrons. The van der Waals surface area contributed by atoms with Crippen molar-refractivity contribution in [3.63, 3.8) is 0 Å². The van der Waals surface area contributed by atoms with Crippen LogP contribution in [0.1, 0.15) is 44.1 Å². The van der Waals surface area contributed by atoms with E-state index >= 15 is 0 Å². The first-order chi connectivity index (χ1) is 13.2. The lowest BCUT2D eigenvalue weighted by Crippen LogP contribution is -2.29. The molecular weight excluding hydrogens is 332 g/mol. The number of nitrogens with zero attached hydrogens (tertiary/aromatic N) is 1. The summed E-state index contributed by atoms with van der Waals surface area (Å²) in [4.78, 5) is 17.1. The number of anilines is 1. The van der Waals surface area contributed by atoms with Gasteiger partial charge in [-0.05, 0) is 67.3 Å². The standard InChI is InChI=1S/C24H26N2O/c1-17(24(27)26-20-7-3-2-4-8-20)18-11-13-19(14-12-18)21-15-16-25-23-10-6-5-9-22(21)23/h2-10,15-19H,11-14H2,1H3,(H,26,27)/t17-,18?,19?/m1/s1. The molecule has 0 unspecified atom stereocenters. The molecule has 1 saturated carbocycles. The highest BCUT2D eigenvalue weighted by Gasteiger charge is 2.30. The number of hydrogen-bond acceptors (Lipinski definition) is 2. The zero-order valence-electron chi connectivity index (χ0n) is 15.8. The van der Waals surface area contributed by atoms with E-state index in [1.165, 1.54) is 10.9 Å². The number of rotatable bonds is 4. The number of carbonyl (C=O) groups is 1. The zero-order valence-corrected chi connectivity index (χ0v) is 15.8. The predicted octanol–water partition coefficient (Wildman–Crippen LogP) is 5.78. The van der Waals surface area contributed by atoms with Crippen molar-refractivity contribution < 1.29 is 4.79 Å². The molecule has 1 amide bonds. The number of carbonyl (C=O) groups excluding carboxylic acids is 1. The van der Waals surface area contributed by atoms with Gasteiger partial charge in [0.15, 0.2) is 0 Å². The van der Waals surface area contributed by atoms with Gasteiger partial charge in [-0.1, -0.05) is 43.3 Å². The molecule has 0 radical (unpaired) electrons. The van der Waals surface area contributed by atoms with Gasteiger partial charge in [0.2, 0.25) is 5.91 Å². The van der Waals surface area contributed by atoms with Gasteiger partial charge in [0.25, 0.3) is 0 Å². The van der Waals surface area contributed by atoms with Gasteiger partial charge in [0.05, 0.1) is 5.52 Å². The van der Waals surface area contributed by atoms with Crippen LogP contribution in [0.4, 0.5) is 5.69 Å². The molecule has 3 heteroatoms. The predicted molar refractivity (Wildman–Crippen MR) is 111 cm³/mol. The lowest BCUT2D eigenvalue weighted by molar-refractivity contribution is -0.121. The first-order valence-electron chi connectivity index (χ1n) is 9.92. The van der Waals surface area contributed by atoms with E-state index in [0.717, 1.165) is 36.9 Å². The van der Waals surface area contributed by atoms with Crippen LogP contribution in [-0.2, 0) is 4.79 Å². The second-order valence-electron chi connectivity index (χ2n) is 7.67. The van der Waals surface area contributed by atoms with Crippen molar-refractivity contribution in [3.05, 3.63) is 72.4 Å². The maximum Gasteiger partial charge on any atom is 0.227 e. The molecule has 1 fully saturated rings. The van der Waals surface area contributed by atoms with E-state index in [9.17, 15) is 4.79 Å². The van der Waals surface area contributed by atoms with Gasteiger partial charge >= 0.3 is 0 Å². The number of para-hydroxylation sites is 2. The Kier molecular flexibility index (Phi) is 5.19. The van der Waals surface area contributed by atoms with Crippen molar-refractivity contribution in [2.45, 2.75) is 38.5 Å². The van der Waals surface area contributed by atoms with Crippen molar-refractivity contribution in [2.75, 3.05) is 5.32 Å². The number of pyridine rings is 1. The molecule has 0 bridgehead atoms. The quantitative estimate of drug-likeness (QED) is 0.642. The second-order valence-corrected chi connectivity index (χ2v) is 7.67. The first kappa shape index (κ1) is 17.7. The number of nitrogens with one attached hydrogen (secondary N) is 1. The molecule has 3 aromatic rings. The van der Waals surface area contributed by atoms with Crippen LogP contribution in [0.25, 0.3) is 10.9 Å². The number of aromatic nitrogens is 1. The number of amides is 1. The van der Waals surface area contributed by atoms with Gasteiger partial charge in [-0.15, -0.1) is 0 Å². The minimum absolute atomic E-state index is 0.0420. The van der Waals surface area contributed by atoms with Crippen LogP contribution in [0.5, 0.6) is 0 Å². The van der Waals surface area contributed by atoms with Crippen LogP contribution in [0, 0.1) is 11.8 Å². The first-order valence-corrected chi connectivity index (χ1v) is 9.92. The fourth-order valence-corrected chi connectivity index (χ4v) is 4.40. The highest BCUT2D eigenvalue weighted by atomic mass is 16.1. The Morgan fingerprint density at radius 2 is 1.67 bits per heavy atom. The highest BCUT2D eigenvalue weighted by Crippen LogP contribution is 2.40. The Morgan fingerprint density at radius 1 is 0.963 bits per heavy atom. The summed E-state index contributed by atoms with van der Waals surface area (Å²) in [5.41, 5.74) is 3.37. The molecule has 1 N–H and O–H groups in total. The molecule has 1 aromatic heterocycles. The Bertz CT molecular complexity index is 909. The van der Waals surface area contributed by atoms with Crippen LogP contribution in [-0.4, -0.2) is 10.9 Å². The van der Waals surface area contributed by atoms with E-state index in [0.29, 0.717) is 11.8 Å². The minimum atomic E-state index is 0.0420. The SMILES string of the molecule is C[C@@H](C(=O)Nc1ccccc1)C1CCC(c2ccnc3ccccc23)CC1. The van der Waals surface area contributed by atoms with E-state index < -0.39 is 0 Å². The van der Waals surface area contributed by atoms with Crippen molar-refractivity contribution >= 4 is 22.5 Å². The third-order valence-corrected chi connectivity index (χ3v) is 6.06. The molecule has 3 nitrogen and oxygen atoms in total. The lowest BCUT2D eigenvalue weighted by atomic mass is 9.73. The molecule has 1 heterocycles. The van der Waals surface area contributed by atoms with Crippen molar-refractivity contribution in [1.82, 2.24) is 4.98 Å². The number of hydrogen-bond donors (Lipinski definition) is 1. The lowest BCUT2D eigenvalue weighted by Gasteiger charge is -2.32. The average molecular weight is 358 g/mol. The Hall–Kier alpha value is -2.68. The fourth-order valence-electron chi connectivity index (χ4n) is 4.40. The van der Waals surface area contributed by atoms with Gasteiger partial charge in [-0.25, -0.2) is 0 Å². The van der Waals surface area contributed by atoms with Crippen molar-refractivity contribution in [1.29, 1.82) is 0 Å². The van der Waals surface area contributed by atoms with Gasteiger partial charge < -0.3 is 5.32 Å². The van der Waals surface area contributed by atoms with Crippen LogP contribution >= 0.6 is 0 Å². The summed E-state index contributed by atoms with van der Waals surface area (Å²) < 4.78 is 0. The summed E-state index contributed by atoms with van der Waals surface area (Å²) in [5.74, 6) is 1.20. The van der Waals surface area contributed by atoms with Crippen LogP contribution in [0.3, 0.4) is 0 Å². The Labute approximate surface area is 160 Å². The fraction of sp³-hybridized carbons (Fsp3) is 0.333. The summed E-state index contributed by atoms with van der Waals surface area (Å²) >= 11 is 0. The van der Waals surface area contributed by atoms with Crippen molar-refractivity contribution in [3.8, 4) is 0 Å². The number of benzene rings is 2. The molecular formula is C24H26N2O. The van der Waals surface area contributed by atoms with E-state index in [1.807, 2.05) is 42.6 Å². The summed E-state index contributed by atoms with van der Waals surface area (Å²) in [6.07, 6.45) is 6.42. The third-order valence-electron chi connectivity index (χ3n) is 6.06. The second kappa shape index (κ2) is 7.91. The topological polar surface area (TPSA) is 42.0 Å². The summed E-state index contributed by atoms with van der Waals surface area (Å²) in [6, 6.07) is 20.3. The van der Waals surface area contributed by atoms with E-state index in [4.69, 9.17) is 0 Å². The van der Waals surface area contributed by atoms with Gasteiger partial charge in [0, 0.05) is 23.2 Å². The Morgan fingerprint density at radius 3 is 2.44 bits per heavy atom. The van der Waals surface area contributed by atoms with E-state index in [1.54, 1.807) is 0 Å². The highest BCUT2D eigenvalue weighted by molar-refractivity contribution is 5.92. The van der Waals surface area contributed by atoms with Gasteiger partial charge in [-0.3, -0.25) is 9.78 Å². The van der Waals surface area contributed by atoms with Crippen LogP contribution in [0.15, 0.2) is 66.9 Å². The molecule has 1 aliphatic carbocycles. The van der Waals surface area contributed by atoms with E-state index in [-0.39, 0.29) is 11.8 Å². The monoisotopic (exact) mass is 358 g/mol. The van der Waals surface area contributed by atoms with Crippen molar-refractivity contribution in [2.24, 2.45) is 11.8 Å². The van der Waals surface area contributed by atoms with Crippen LogP contribution < -0.4 is 5.32 Å². The molecule has 0 saturated heterocycles. The zero-order chi connectivity index (χ0) is 18.6. The molecule has 1 aliphatic rings. The van der Waals surface area contributed by atoms with Gasteiger partial charge in [0.1, 0.15) is 0 Å². The molecule has 4 rings (SSSR count). The molecule has 27 heavy (non-hydrogen) atoms. The normalized spacial score (nSPS) is 20.9. The smallest absolute Gasteiger partial charge is 0.227 e. The summed E-state index contributed by atoms with van der Waals surface area (Å²) in [5, 5.41) is 4.34. The maximum atomic E-state index is 12.6. The average Bonchev–Trinajstić information content (AvgIpc) is 2.73. The summed E-state index contributed by atoms with van der Waals surface area (Å²) in [6.45, 7) is 2.07.